The average molecular weight is 269 g/mol. The van der Waals surface area contributed by atoms with Crippen LogP contribution in [-0.2, 0) is 9.53 Å². The largest absolute Gasteiger partial charge is 0.468 e. The van der Waals surface area contributed by atoms with Gasteiger partial charge in [-0.25, -0.2) is 0 Å². The number of esters is 1. The molecule has 2 aromatic carbocycles. The van der Waals surface area contributed by atoms with Crippen LogP contribution in [0.25, 0.3) is 0 Å². The Morgan fingerprint density at radius 1 is 1.00 bits per heavy atom. The summed E-state index contributed by atoms with van der Waals surface area (Å²) in [6.07, 6.45) is 0. The summed E-state index contributed by atoms with van der Waals surface area (Å²) in [4.78, 5) is 12.1. The number of carbonyl (C=O) groups is 1. The molecule has 0 saturated carbocycles. The number of nitrogens with two attached hydrogens (primary N) is 1. The topological polar surface area (TPSA) is 52.3 Å². The molecule has 0 aliphatic carbocycles. The second kappa shape index (κ2) is 5.88. The predicted molar refractivity (Wildman–Crippen MR) is 79.3 cm³/mol. The highest BCUT2D eigenvalue weighted by atomic mass is 16.5. The van der Waals surface area contributed by atoms with E-state index in [-0.39, 0.29) is 5.92 Å². The number of carbonyl (C=O) groups excluding carboxylic acids is 1. The quantitative estimate of drug-likeness (QED) is 0.868. The zero-order chi connectivity index (χ0) is 14.6. The molecule has 2 N–H and O–H groups in total. The zero-order valence-corrected chi connectivity index (χ0v) is 11.7. The molecule has 0 aliphatic rings. The molecule has 0 unspecified atom stereocenters. The van der Waals surface area contributed by atoms with Crippen molar-refractivity contribution in [3.05, 3.63) is 71.8 Å². The minimum atomic E-state index is -1.13. The van der Waals surface area contributed by atoms with Crippen molar-refractivity contribution in [3.63, 3.8) is 0 Å². The molecule has 1 atom stereocenters. The van der Waals surface area contributed by atoms with Gasteiger partial charge in [-0.2, -0.15) is 0 Å². The maximum Gasteiger partial charge on any atom is 0.326 e. The summed E-state index contributed by atoms with van der Waals surface area (Å²) >= 11 is 0. The maximum atomic E-state index is 12.1. The molecule has 3 heteroatoms. The number of ether oxygens (including phenoxy) is 1. The van der Waals surface area contributed by atoms with E-state index in [1.54, 1.807) is 6.92 Å². The first-order valence-corrected chi connectivity index (χ1v) is 6.54. The third-order valence-electron chi connectivity index (χ3n) is 3.49. The molecule has 0 heterocycles. The second-order valence-corrected chi connectivity index (χ2v) is 5.03. The van der Waals surface area contributed by atoms with Crippen molar-refractivity contribution in [1.82, 2.24) is 0 Å². The Balaban J connectivity index is 2.54. The molecule has 0 fully saturated rings. The fourth-order valence-electron chi connectivity index (χ4n) is 2.51. The highest BCUT2D eigenvalue weighted by molar-refractivity contribution is 5.82. The van der Waals surface area contributed by atoms with Crippen molar-refractivity contribution in [2.75, 3.05) is 7.11 Å². The summed E-state index contributed by atoms with van der Waals surface area (Å²) in [6.45, 7) is 1.71. The van der Waals surface area contributed by atoms with Crippen molar-refractivity contribution < 1.29 is 9.53 Å². The number of benzene rings is 2. The fraction of sp³-hybridized carbons (Fsp3) is 0.235. The molecule has 0 bridgehead atoms. The van der Waals surface area contributed by atoms with E-state index in [0.717, 1.165) is 11.1 Å². The van der Waals surface area contributed by atoms with Gasteiger partial charge in [0.05, 0.1) is 7.11 Å². The van der Waals surface area contributed by atoms with Crippen LogP contribution < -0.4 is 5.73 Å². The van der Waals surface area contributed by atoms with Crippen molar-refractivity contribution >= 4 is 5.97 Å². The van der Waals surface area contributed by atoms with Gasteiger partial charge in [0.1, 0.15) is 5.54 Å². The van der Waals surface area contributed by atoms with Gasteiger partial charge in [0, 0.05) is 5.92 Å². The molecule has 20 heavy (non-hydrogen) atoms. The van der Waals surface area contributed by atoms with Gasteiger partial charge in [-0.15, -0.1) is 0 Å². The van der Waals surface area contributed by atoms with Crippen LogP contribution in [0.3, 0.4) is 0 Å². The van der Waals surface area contributed by atoms with E-state index in [1.165, 1.54) is 7.11 Å². The summed E-state index contributed by atoms with van der Waals surface area (Å²) in [5.74, 6) is -0.674. The Morgan fingerprint density at radius 2 is 1.40 bits per heavy atom. The molecule has 0 saturated heterocycles. The molecule has 0 spiro atoms. The molecule has 0 amide bonds. The summed E-state index contributed by atoms with van der Waals surface area (Å²) in [7, 11) is 1.36. The van der Waals surface area contributed by atoms with E-state index in [4.69, 9.17) is 10.5 Å². The van der Waals surface area contributed by atoms with Gasteiger partial charge in [-0.05, 0) is 18.1 Å². The number of hydrogen-bond acceptors (Lipinski definition) is 3. The van der Waals surface area contributed by atoms with Crippen LogP contribution in [0.1, 0.15) is 24.0 Å². The van der Waals surface area contributed by atoms with Crippen molar-refractivity contribution in [3.8, 4) is 0 Å². The normalized spacial score (nSPS) is 13.8. The van der Waals surface area contributed by atoms with Crippen LogP contribution in [0.4, 0.5) is 0 Å². The Labute approximate surface area is 119 Å². The van der Waals surface area contributed by atoms with Gasteiger partial charge in [0.2, 0.25) is 0 Å². The van der Waals surface area contributed by atoms with Crippen LogP contribution in [0.2, 0.25) is 0 Å². The van der Waals surface area contributed by atoms with E-state index in [9.17, 15) is 4.79 Å². The molecular formula is C17H19NO2. The van der Waals surface area contributed by atoms with E-state index in [2.05, 4.69) is 0 Å². The first-order valence-electron chi connectivity index (χ1n) is 6.54. The molecule has 104 valence electrons. The molecule has 3 nitrogen and oxygen atoms in total. The Kier molecular flexibility index (Phi) is 4.20. The molecule has 2 aromatic rings. The lowest BCUT2D eigenvalue weighted by Gasteiger charge is -2.32. The number of hydrogen-bond donors (Lipinski definition) is 1. The number of rotatable bonds is 4. The lowest BCUT2D eigenvalue weighted by atomic mass is 9.76. The highest BCUT2D eigenvalue weighted by Gasteiger charge is 2.40. The molecule has 0 aliphatic heterocycles. The SMILES string of the molecule is COC(=O)[C@@](C)(N)C(c1ccccc1)c1ccccc1. The first kappa shape index (κ1) is 14.3. The lowest BCUT2D eigenvalue weighted by Crippen LogP contribution is -2.51. The lowest BCUT2D eigenvalue weighted by molar-refractivity contribution is -0.146. The molecule has 0 aromatic heterocycles. The van der Waals surface area contributed by atoms with Gasteiger partial charge in [-0.3, -0.25) is 4.79 Å². The van der Waals surface area contributed by atoms with Crippen molar-refractivity contribution in [2.45, 2.75) is 18.4 Å². The number of methoxy groups -OCH3 is 1. The summed E-state index contributed by atoms with van der Waals surface area (Å²) in [5, 5.41) is 0. The van der Waals surface area contributed by atoms with Gasteiger partial charge in [0.15, 0.2) is 0 Å². The predicted octanol–water partition coefficient (Wildman–Crippen LogP) is 2.71. The standard InChI is InChI=1S/C17H19NO2/c1-17(18,16(19)20-2)15(13-9-5-3-6-10-13)14-11-7-4-8-12-14/h3-12,15H,18H2,1-2H3/t17-/m0/s1. The van der Waals surface area contributed by atoms with Gasteiger partial charge >= 0.3 is 5.97 Å². The summed E-state index contributed by atoms with van der Waals surface area (Å²) in [6, 6.07) is 19.6. The zero-order valence-electron chi connectivity index (χ0n) is 11.7. The second-order valence-electron chi connectivity index (χ2n) is 5.03. The molecule has 0 radical (unpaired) electrons. The third kappa shape index (κ3) is 2.73. The minimum Gasteiger partial charge on any atom is -0.468 e. The smallest absolute Gasteiger partial charge is 0.326 e. The maximum absolute atomic E-state index is 12.1. The molecular weight excluding hydrogens is 250 g/mol. The van der Waals surface area contributed by atoms with Gasteiger partial charge < -0.3 is 10.5 Å². The fourth-order valence-corrected chi connectivity index (χ4v) is 2.51. The molecule has 2 rings (SSSR count). The van der Waals surface area contributed by atoms with Crippen LogP contribution in [0.5, 0.6) is 0 Å². The van der Waals surface area contributed by atoms with Crippen molar-refractivity contribution in [2.24, 2.45) is 5.73 Å². The van der Waals surface area contributed by atoms with E-state index in [1.807, 2.05) is 60.7 Å². The van der Waals surface area contributed by atoms with Crippen LogP contribution in [0, 0.1) is 0 Å². The monoisotopic (exact) mass is 269 g/mol. The Morgan fingerprint density at radius 3 is 1.75 bits per heavy atom. The van der Waals surface area contributed by atoms with E-state index >= 15 is 0 Å². The summed E-state index contributed by atoms with van der Waals surface area (Å²) < 4.78 is 4.88. The first-order chi connectivity index (χ1) is 9.57. The van der Waals surface area contributed by atoms with Gasteiger partial charge in [0.25, 0.3) is 0 Å². The van der Waals surface area contributed by atoms with Gasteiger partial charge in [-0.1, -0.05) is 60.7 Å². The summed E-state index contributed by atoms with van der Waals surface area (Å²) in [5.41, 5.74) is 7.17. The Bertz CT molecular complexity index is 525. The highest BCUT2D eigenvalue weighted by Crippen LogP contribution is 2.34. The van der Waals surface area contributed by atoms with Crippen molar-refractivity contribution in [1.29, 1.82) is 0 Å². The third-order valence-corrected chi connectivity index (χ3v) is 3.49. The van der Waals surface area contributed by atoms with E-state index < -0.39 is 11.5 Å². The minimum absolute atomic E-state index is 0.252. The van der Waals surface area contributed by atoms with E-state index in [0.29, 0.717) is 0 Å². The average Bonchev–Trinajstić information content (AvgIpc) is 2.48. The van der Waals surface area contributed by atoms with Crippen LogP contribution in [-0.4, -0.2) is 18.6 Å². The Hall–Kier alpha value is -2.13. The van der Waals surface area contributed by atoms with Crippen LogP contribution >= 0.6 is 0 Å². The van der Waals surface area contributed by atoms with Crippen LogP contribution in [0.15, 0.2) is 60.7 Å².